The molecule has 0 aromatic carbocycles. The van der Waals surface area contributed by atoms with Crippen LogP contribution in [-0.4, -0.2) is 62.3 Å². The van der Waals surface area contributed by atoms with Gasteiger partial charge in [0.2, 0.25) is 5.91 Å². The van der Waals surface area contributed by atoms with Crippen molar-refractivity contribution < 1.29 is 28.6 Å². The summed E-state index contributed by atoms with van der Waals surface area (Å²) in [5.74, 6) is -1.22. The zero-order valence-corrected chi connectivity index (χ0v) is 16.5. The number of unbranched alkanes of at least 4 members (excludes halogenated alkanes) is 5. The van der Waals surface area contributed by atoms with E-state index in [0.717, 1.165) is 19.3 Å². The molecule has 7 heteroatoms. The molecule has 0 bridgehead atoms. The van der Waals surface area contributed by atoms with Crippen LogP contribution in [0.1, 0.15) is 58.3 Å². The van der Waals surface area contributed by atoms with E-state index in [-0.39, 0.29) is 30.9 Å². The lowest BCUT2D eigenvalue weighted by atomic mass is 10.1. The zero-order valence-electron chi connectivity index (χ0n) is 16.5. The Bertz CT molecular complexity index is 485. The van der Waals surface area contributed by atoms with Crippen LogP contribution in [-0.2, 0) is 28.6 Å². The number of carbonyl (C=O) groups excluding carboxylic acids is 3. The van der Waals surface area contributed by atoms with Gasteiger partial charge in [-0.3, -0.25) is 9.59 Å². The average molecular weight is 383 g/mol. The first-order valence-electron chi connectivity index (χ1n) is 9.90. The Morgan fingerprint density at radius 2 is 1.63 bits per heavy atom. The Kier molecular flexibility index (Phi) is 12.2. The van der Waals surface area contributed by atoms with Gasteiger partial charge in [-0.15, -0.1) is 0 Å². The van der Waals surface area contributed by atoms with Crippen molar-refractivity contribution in [2.45, 2.75) is 58.3 Å². The molecule has 0 radical (unpaired) electrons. The maximum Gasteiger partial charge on any atom is 0.334 e. The van der Waals surface area contributed by atoms with Gasteiger partial charge in [0.25, 0.3) is 0 Å². The van der Waals surface area contributed by atoms with Crippen molar-refractivity contribution in [2.75, 3.05) is 39.5 Å². The third-order valence-electron chi connectivity index (χ3n) is 4.32. The first-order chi connectivity index (χ1) is 13.0. The second-order valence-electron chi connectivity index (χ2n) is 6.65. The molecule has 0 saturated carbocycles. The molecule has 7 nitrogen and oxygen atoms in total. The molecule has 154 valence electrons. The summed E-state index contributed by atoms with van der Waals surface area (Å²) in [5.41, 5.74) is 0.0433. The van der Waals surface area contributed by atoms with Gasteiger partial charge in [0, 0.05) is 18.7 Å². The van der Waals surface area contributed by atoms with Crippen molar-refractivity contribution in [3.8, 4) is 0 Å². The molecule has 1 rings (SSSR count). The number of rotatable bonds is 13. The molecule has 1 heterocycles. The van der Waals surface area contributed by atoms with Gasteiger partial charge in [0.1, 0.15) is 6.61 Å². The van der Waals surface area contributed by atoms with Crippen molar-refractivity contribution in [1.82, 2.24) is 4.90 Å². The summed E-state index contributed by atoms with van der Waals surface area (Å²) >= 11 is 0. The molecule has 0 atom stereocenters. The smallest absolute Gasteiger partial charge is 0.334 e. The minimum absolute atomic E-state index is 0.0269. The summed E-state index contributed by atoms with van der Waals surface area (Å²) < 4.78 is 15.3. The zero-order chi connectivity index (χ0) is 19.9. The van der Waals surface area contributed by atoms with Crippen molar-refractivity contribution in [2.24, 2.45) is 0 Å². The van der Waals surface area contributed by atoms with E-state index in [1.807, 2.05) is 0 Å². The van der Waals surface area contributed by atoms with E-state index in [9.17, 15) is 14.4 Å². The second-order valence-corrected chi connectivity index (χ2v) is 6.65. The summed E-state index contributed by atoms with van der Waals surface area (Å²) in [6.45, 7) is 8.26. The highest BCUT2D eigenvalue weighted by molar-refractivity contribution is 5.93. The number of amides is 1. The van der Waals surface area contributed by atoms with Crippen LogP contribution in [0.4, 0.5) is 0 Å². The first kappa shape index (κ1) is 23.1. The van der Waals surface area contributed by atoms with Crippen LogP contribution in [0.15, 0.2) is 12.2 Å². The van der Waals surface area contributed by atoms with Crippen LogP contribution < -0.4 is 0 Å². The molecule has 0 aromatic heterocycles. The highest BCUT2D eigenvalue weighted by Gasteiger charge is 2.18. The molecule has 1 aliphatic rings. The number of hydrogen-bond donors (Lipinski definition) is 0. The molecule has 1 saturated heterocycles. The third-order valence-corrected chi connectivity index (χ3v) is 4.32. The van der Waals surface area contributed by atoms with E-state index in [4.69, 9.17) is 14.2 Å². The van der Waals surface area contributed by atoms with Gasteiger partial charge in [-0.1, -0.05) is 45.6 Å². The molecular formula is C20H33NO6. The summed E-state index contributed by atoms with van der Waals surface area (Å²) in [6, 6.07) is 0. The van der Waals surface area contributed by atoms with E-state index >= 15 is 0 Å². The molecule has 0 unspecified atom stereocenters. The summed E-state index contributed by atoms with van der Waals surface area (Å²) in [7, 11) is 0. The molecule has 0 aromatic rings. The second kappa shape index (κ2) is 14.2. The summed E-state index contributed by atoms with van der Waals surface area (Å²) in [4.78, 5) is 37.2. The third kappa shape index (κ3) is 10.8. The number of esters is 2. The van der Waals surface area contributed by atoms with Gasteiger partial charge in [-0.2, -0.15) is 0 Å². The maximum atomic E-state index is 11.9. The van der Waals surface area contributed by atoms with E-state index in [1.54, 1.807) is 4.90 Å². The van der Waals surface area contributed by atoms with E-state index in [0.29, 0.717) is 32.9 Å². The lowest BCUT2D eigenvalue weighted by Gasteiger charge is -2.26. The van der Waals surface area contributed by atoms with E-state index in [1.165, 1.54) is 19.3 Å². The molecule has 27 heavy (non-hydrogen) atoms. The average Bonchev–Trinajstić information content (AvgIpc) is 2.67. The Morgan fingerprint density at radius 3 is 2.33 bits per heavy atom. The largest absolute Gasteiger partial charge is 0.465 e. The van der Waals surface area contributed by atoms with Crippen LogP contribution in [0.3, 0.4) is 0 Å². The predicted molar refractivity (Wildman–Crippen MR) is 101 cm³/mol. The number of carbonyl (C=O) groups is 3. The van der Waals surface area contributed by atoms with Crippen LogP contribution in [0.2, 0.25) is 0 Å². The van der Waals surface area contributed by atoms with Crippen molar-refractivity contribution in [3.63, 3.8) is 0 Å². The number of nitrogens with zero attached hydrogens (tertiary/aromatic N) is 1. The number of morpholine rings is 1. The normalized spacial score (nSPS) is 13.9. The number of hydrogen-bond acceptors (Lipinski definition) is 6. The fourth-order valence-electron chi connectivity index (χ4n) is 2.67. The molecule has 1 aliphatic heterocycles. The first-order valence-corrected chi connectivity index (χ1v) is 9.90. The van der Waals surface area contributed by atoms with Gasteiger partial charge in [-0.25, -0.2) is 4.79 Å². The van der Waals surface area contributed by atoms with Gasteiger partial charge >= 0.3 is 11.9 Å². The Balaban J connectivity index is 2.08. The highest BCUT2D eigenvalue weighted by Crippen LogP contribution is 2.08. The Labute approximate surface area is 162 Å². The standard InChI is InChI=1S/C20H33NO6/c1-3-4-5-6-7-8-12-26-19(23)16-17(2)20(24)27-13-9-18(22)21-10-14-25-15-11-21/h2-16H2,1H3. The van der Waals surface area contributed by atoms with Crippen molar-refractivity contribution in [1.29, 1.82) is 0 Å². The van der Waals surface area contributed by atoms with Crippen LogP contribution in [0.5, 0.6) is 0 Å². The predicted octanol–water partition coefficient (Wildman–Crippen LogP) is 2.63. The fraction of sp³-hybridized carbons (Fsp3) is 0.750. The van der Waals surface area contributed by atoms with Crippen molar-refractivity contribution >= 4 is 17.8 Å². The summed E-state index contributed by atoms with van der Waals surface area (Å²) in [5, 5.41) is 0. The minimum Gasteiger partial charge on any atom is -0.465 e. The van der Waals surface area contributed by atoms with Gasteiger partial charge < -0.3 is 19.1 Å². The monoisotopic (exact) mass is 383 g/mol. The Hall–Kier alpha value is -1.89. The lowest BCUT2D eigenvalue weighted by molar-refractivity contribution is -0.147. The van der Waals surface area contributed by atoms with Crippen molar-refractivity contribution in [3.05, 3.63) is 12.2 Å². The molecule has 0 spiro atoms. The molecule has 0 N–H and O–H groups in total. The maximum absolute atomic E-state index is 11.9. The quantitative estimate of drug-likeness (QED) is 0.276. The van der Waals surface area contributed by atoms with Crippen LogP contribution >= 0.6 is 0 Å². The fourth-order valence-corrected chi connectivity index (χ4v) is 2.67. The summed E-state index contributed by atoms with van der Waals surface area (Å²) in [6.07, 6.45) is 6.58. The molecule has 0 aliphatic carbocycles. The van der Waals surface area contributed by atoms with Crippen LogP contribution in [0, 0.1) is 0 Å². The van der Waals surface area contributed by atoms with E-state index in [2.05, 4.69) is 13.5 Å². The van der Waals surface area contributed by atoms with Crippen LogP contribution in [0.25, 0.3) is 0 Å². The molecular weight excluding hydrogens is 350 g/mol. The SMILES string of the molecule is C=C(CC(=O)OCCCCCCCC)C(=O)OCCC(=O)N1CCOCC1. The molecule has 1 fully saturated rings. The Morgan fingerprint density at radius 1 is 0.963 bits per heavy atom. The molecule has 1 amide bonds. The minimum atomic E-state index is -0.665. The lowest BCUT2D eigenvalue weighted by Crippen LogP contribution is -2.41. The van der Waals surface area contributed by atoms with E-state index < -0.39 is 11.9 Å². The highest BCUT2D eigenvalue weighted by atomic mass is 16.5. The van der Waals surface area contributed by atoms with Gasteiger partial charge in [-0.05, 0) is 6.42 Å². The number of ether oxygens (including phenoxy) is 3. The van der Waals surface area contributed by atoms with Gasteiger partial charge in [0.15, 0.2) is 0 Å². The van der Waals surface area contributed by atoms with Gasteiger partial charge in [0.05, 0.1) is 32.7 Å². The topological polar surface area (TPSA) is 82.1 Å².